The summed E-state index contributed by atoms with van der Waals surface area (Å²) in [4.78, 5) is 28.9. The highest BCUT2D eigenvalue weighted by atomic mass is 35.5. The number of halogens is 2. The Bertz CT molecular complexity index is 2730. The van der Waals surface area contributed by atoms with Crippen molar-refractivity contribution in [3.63, 3.8) is 0 Å². The molecule has 5 fully saturated rings. The van der Waals surface area contributed by atoms with Crippen LogP contribution in [0.4, 0.5) is 0 Å². The highest BCUT2D eigenvalue weighted by Crippen LogP contribution is 2.48. The number of aromatic hydroxyl groups is 2. The molecule has 0 bridgehead atoms. The molecule has 17 N–H and O–H groups in total. The highest BCUT2D eigenvalue weighted by molar-refractivity contribution is 6.18. The molecule has 5 saturated heterocycles. The first kappa shape index (κ1) is 78.4. The first-order chi connectivity index (χ1) is 44.2. The van der Waals surface area contributed by atoms with Crippen LogP contribution < -0.4 is 15.4 Å². The monoisotopic (exact) mass is 1390 g/mol. The van der Waals surface area contributed by atoms with E-state index >= 15 is 4.79 Å². The SMILES string of the molecule is CO[C@H](C(=O)[C@@H](O)[C@@H](C)O)C1Cc2cc3cc(O[C@H]4C[C@@H](O[C@H]5C[C@@H](O)[C@H](O)[C@@H](C)O5)[C@@H](O)[C@@H](C)O4)c(C)c(O)c3c(O)c2C(=O)[C@H]1O[C@H]1C[C@@H](O[C@H]2C[C@@H](O[C@H]3C[C@](C)(O)[C@H](O)[C@@H](C)O3)[C@H](O)[C@@H](C)O2)[C@H](O)[C@@H](C)O1.O[C@@H]([C@H](O)[C@H](O)CNCCCl)[C@H](O)CNCCCl. The van der Waals surface area contributed by atoms with Crippen LogP contribution in [0.2, 0.25) is 0 Å². The van der Waals surface area contributed by atoms with Crippen molar-refractivity contribution in [3.05, 3.63) is 28.8 Å². The summed E-state index contributed by atoms with van der Waals surface area (Å²) in [6.07, 6.45) is -32.2. The minimum absolute atomic E-state index is 0.0365. The van der Waals surface area contributed by atoms with Gasteiger partial charge in [0, 0.05) is 88.6 Å². The number of aliphatic hydroxyl groups is 13. The number of nitrogens with one attached hydrogen (secondary N) is 2. The molecule has 5 aliphatic heterocycles. The summed E-state index contributed by atoms with van der Waals surface area (Å²) in [6, 6.07) is 3.03. The van der Waals surface area contributed by atoms with Crippen molar-refractivity contribution in [1.29, 1.82) is 0 Å². The van der Waals surface area contributed by atoms with Gasteiger partial charge in [0.1, 0.15) is 78.3 Å². The van der Waals surface area contributed by atoms with Crippen LogP contribution in [-0.2, 0) is 58.6 Å². The van der Waals surface area contributed by atoms with E-state index < -0.39 is 200 Å². The number of carbonyl (C=O) groups excluding carboxylic acids is 2. The van der Waals surface area contributed by atoms with E-state index in [1.54, 1.807) is 27.7 Å². The third-order valence-corrected chi connectivity index (χ3v) is 18.6. The molecule has 8 rings (SSSR count). The summed E-state index contributed by atoms with van der Waals surface area (Å²) in [5.41, 5.74) is -1.47. The molecule has 2 aromatic rings. The molecule has 538 valence electrons. The second-order valence-electron chi connectivity index (χ2n) is 25.6. The Morgan fingerprint density at radius 3 is 1.60 bits per heavy atom. The van der Waals surface area contributed by atoms with Crippen molar-refractivity contribution < 1.29 is 138 Å². The zero-order chi connectivity index (χ0) is 69.5. The van der Waals surface area contributed by atoms with E-state index in [2.05, 4.69) is 10.6 Å². The van der Waals surface area contributed by atoms with Gasteiger partial charge in [0.2, 0.25) is 6.29 Å². The van der Waals surface area contributed by atoms with Crippen molar-refractivity contribution in [2.24, 2.45) is 5.92 Å². The molecule has 30 nitrogen and oxygen atoms in total. The lowest BCUT2D eigenvalue weighted by Gasteiger charge is -2.46. The second kappa shape index (κ2) is 34.4. The van der Waals surface area contributed by atoms with Crippen molar-refractivity contribution in [1.82, 2.24) is 10.6 Å². The number of hydrogen-bond acceptors (Lipinski definition) is 30. The lowest BCUT2D eigenvalue weighted by atomic mass is 9.75. The molecule has 94 heavy (non-hydrogen) atoms. The van der Waals surface area contributed by atoms with Gasteiger partial charge >= 0.3 is 0 Å². The van der Waals surface area contributed by atoms with Crippen LogP contribution in [0.5, 0.6) is 17.2 Å². The molecule has 0 radical (unpaired) electrons. The van der Waals surface area contributed by atoms with E-state index in [0.717, 1.165) is 0 Å². The number of hydrogen-bond donors (Lipinski definition) is 17. The zero-order valence-corrected chi connectivity index (χ0v) is 55.6. The minimum atomic E-state index is -1.95. The zero-order valence-electron chi connectivity index (χ0n) is 54.1. The van der Waals surface area contributed by atoms with Gasteiger partial charge in [-0.15, -0.1) is 23.2 Å². The van der Waals surface area contributed by atoms with Crippen LogP contribution in [0.25, 0.3) is 10.8 Å². The predicted molar refractivity (Wildman–Crippen MR) is 330 cm³/mol. The molecule has 1 unspecified atom stereocenters. The summed E-state index contributed by atoms with van der Waals surface area (Å²) in [5, 5.41) is 164. The molecule has 29 atom stereocenters. The Labute approximate surface area is 554 Å². The van der Waals surface area contributed by atoms with Crippen molar-refractivity contribution in [2.45, 2.75) is 265 Å². The Morgan fingerprint density at radius 2 is 1.12 bits per heavy atom. The lowest BCUT2D eigenvalue weighted by molar-refractivity contribution is -0.334. The molecule has 2 aromatic carbocycles. The number of rotatable bonds is 26. The molecule has 5 heterocycles. The molecule has 32 heteroatoms. The Morgan fingerprint density at radius 1 is 0.660 bits per heavy atom. The average Bonchev–Trinajstić information content (AvgIpc) is 0.735. The number of benzene rings is 2. The summed E-state index contributed by atoms with van der Waals surface area (Å²) < 4.78 is 66.5. The third kappa shape index (κ3) is 18.7. The van der Waals surface area contributed by atoms with Gasteiger partial charge in [-0.3, -0.25) is 9.59 Å². The average molecular weight is 1390 g/mol. The number of phenols is 2. The van der Waals surface area contributed by atoms with Gasteiger partial charge in [-0.2, -0.15) is 0 Å². The van der Waals surface area contributed by atoms with E-state index in [0.29, 0.717) is 24.8 Å². The number of methoxy groups -OCH3 is 1. The molecule has 0 amide bonds. The quantitative estimate of drug-likeness (QED) is 0.0352. The summed E-state index contributed by atoms with van der Waals surface area (Å²) >= 11 is 10.9. The Kier molecular flexibility index (Phi) is 28.7. The molecule has 0 spiro atoms. The van der Waals surface area contributed by atoms with Crippen LogP contribution in [-0.4, -0.2) is 305 Å². The van der Waals surface area contributed by atoms with Crippen molar-refractivity contribution in [3.8, 4) is 17.2 Å². The van der Waals surface area contributed by atoms with E-state index in [4.69, 9.17) is 75.3 Å². The largest absolute Gasteiger partial charge is 0.507 e. The second-order valence-corrected chi connectivity index (χ2v) is 26.4. The normalized spacial score (nSPS) is 37.9. The topological polar surface area (TPSA) is 463 Å². The number of alkyl halides is 2. The molecule has 6 aliphatic rings. The number of phenolic OH excluding ortho intramolecular Hbond substituents is 2. The lowest BCUT2D eigenvalue weighted by Crippen LogP contribution is -2.58. The number of Topliss-reactive ketones (excluding diaryl/α,β-unsaturated/α-hetero) is 2. The van der Waals surface area contributed by atoms with E-state index in [-0.39, 0.29) is 84.8 Å². The molecular weight excluding hydrogens is 1290 g/mol. The van der Waals surface area contributed by atoms with Gasteiger partial charge in [-0.05, 0) is 84.9 Å². The van der Waals surface area contributed by atoms with Crippen LogP contribution in [0.3, 0.4) is 0 Å². The number of carbonyl (C=O) groups is 2. The van der Waals surface area contributed by atoms with Crippen molar-refractivity contribution >= 4 is 45.5 Å². The summed E-state index contributed by atoms with van der Waals surface area (Å²) in [5.74, 6) is -3.30. The van der Waals surface area contributed by atoms with Crippen LogP contribution >= 0.6 is 23.2 Å². The van der Waals surface area contributed by atoms with Gasteiger partial charge in [0.15, 0.2) is 36.7 Å². The summed E-state index contributed by atoms with van der Waals surface area (Å²) in [6.45, 7) is 13.2. The molecule has 1 aliphatic carbocycles. The first-order valence-corrected chi connectivity index (χ1v) is 32.9. The fraction of sp³-hybridized carbons (Fsp3) is 0.806. The van der Waals surface area contributed by atoms with Crippen LogP contribution in [0, 0.1) is 12.8 Å². The van der Waals surface area contributed by atoms with Gasteiger partial charge in [-0.1, -0.05) is 0 Å². The maximum absolute atomic E-state index is 15.0. The van der Waals surface area contributed by atoms with Gasteiger partial charge < -0.3 is 139 Å². The Hall–Kier alpha value is -2.98. The Balaban J connectivity index is 0.000000604. The van der Waals surface area contributed by atoms with Gasteiger partial charge in [0.25, 0.3) is 0 Å². The fourth-order valence-electron chi connectivity index (χ4n) is 12.7. The van der Waals surface area contributed by atoms with Crippen LogP contribution in [0.15, 0.2) is 12.1 Å². The minimum Gasteiger partial charge on any atom is -0.507 e. The predicted octanol–water partition coefficient (Wildman–Crippen LogP) is -2.16. The molecule has 0 aromatic heterocycles. The van der Waals surface area contributed by atoms with E-state index in [9.17, 15) is 81.4 Å². The fourth-order valence-corrected chi connectivity index (χ4v) is 12.9. The number of aliphatic hydroxyl groups excluding tert-OH is 12. The summed E-state index contributed by atoms with van der Waals surface area (Å²) in [7, 11) is 1.18. The van der Waals surface area contributed by atoms with E-state index in [1.807, 2.05) is 0 Å². The standard InChI is InChI=1S/C52H76O24.C10H22Cl2N2O4/c1-18-29(72-34-14-30(43(58)21(4)68-34)73-33-13-28(54)42(57)20(3)67-33)12-26-10-25-11-27(49(66-9)48(63)41(56)19(2)53)50(47(62)39(25)46(61)38(26)40(18)55)76-36-16-31(44(59)23(6)70-36)74-35-15-32(45(60)22(5)69-35)75-37-17-52(8,65)51(64)24(7)71-37;11-1-3-13-5-7(15)9(17)10(18)8(16)6-14-4-2-12/h10,12,19-24,27-28,30-37,41-45,49-51,53-61,64-65H,11,13-17H2,1-9H3;7-10,13-18H,1-6H2/t19-,20-,21-,22-,23-,24-,27?,28-,30-,31-,32-,33+,34+,35+,36+,37+,41+,42-,43+,44-,45-,49+,50+,51-,52+;7-,8-,9-,10-/m11/s1. The number of fused-ring (bicyclic) bond motifs is 2. The number of ether oxygens (including phenoxy) is 11. The molecule has 0 saturated carbocycles. The van der Waals surface area contributed by atoms with Crippen LogP contribution in [0.1, 0.15) is 102 Å². The highest BCUT2D eigenvalue weighted by Gasteiger charge is 2.52. The third-order valence-electron chi connectivity index (χ3n) is 18.3. The molecular formula is C62H98Cl2N2O28. The number of ketones is 2. The first-order valence-electron chi connectivity index (χ1n) is 31.8. The smallest absolute Gasteiger partial charge is 0.202 e. The van der Waals surface area contributed by atoms with E-state index in [1.165, 1.54) is 46.9 Å². The maximum Gasteiger partial charge on any atom is 0.202 e. The van der Waals surface area contributed by atoms with Gasteiger partial charge in [-0.25, -0.2) is 0 Å². The van der Waals surface area contributed by atoms with Crippen molar-refractivity contribution in [2.75, 3.05) is 45.0 Å². The maximum atomic E-state index is 15.0. The van der Waals surface area contributed by atoms with Gasteiger partial charge in [0.05, 0.1) is 89.8 Å².